The Labute approximate surface area is 486 Å². The first-order chi connectivity index (χ1) is 35.1. The molecular formula is C60H78Br4ClN5O5. The molecule has 0 bridgehead atoms. The van der Waals surface area contributed by atoms with Crippen molar-refractivity contribution in [1.29, 1.82) is 0 Å². The van der Waals surface area contributed by atoms with Gasteiger partial charge in [-0.3, -0.25) is 33.3 Å². The molecule has 6 rings (SSSR count). The molecule has 0 saturated carbocycles. The van der Waals surface area contributed by atoms with Gasteiger partial charge in [0.25, 0.3) is 0 Å². The molecule has 0 spiro atoms. The van der Waals surface area contributed by atoms with E-state index in [2.05, 4.69) is 159 Å². The second-order valence-electron chi connectivity index (χ2n) is 20.0. The zero-order valence-electron chi connectivity index (χ0n) is 46.2. The molecule has 0 fully saturated rings. The summed E-state index contributed by atoms with van der Waals surface area (Å²) in [6.07, 6.45) is 1.15. The minimum atomic E-state index is -0.269. The van der Waals surface area contributed by atoms with Crippen molar-refractivity contribution in [2.75, 3.05) is 6.54 Å². The fourth-order valence-corrected chi connectivity index (χ4v) is 7.25. The molecule has 2 N–H and O–H groups in total. The van der Waals surface area contributed by atoms with Gasteiger partial charge in [0, 0.05) is 72.1 Å². The Kier molecular flexibility index (Phi) is 33.1. The van der Waals surface area contributed by atoms with E-state index in [4.69, 9.17) is 22.4 Å². The molecule has 0 amide bonds. The lowest BCUT2D eigenvalue weighted by Crippen LogP contribution is -2.13. The Balaban J connectivity index is 0.000000474. The third kappa shape index (κ3) is 28.1. The fourth-order valence-electron chi connectivity index (χ4n) is 6.19. The number of rotatable bonds is 16. The van der Waals surface area contributed by atoms with Crippen LogP contribution in [-0.4, -0.2) is 54.5 Å². The van der Waals surface area contributed by atoms with Crippen molar-refractivity contribution in [3.05, 3.63) is 150 Å². The lowest BCUT2D eigenvalue weighted by atomic mass is 10.0. The average Bonchev–Trinajstić information content (AvgIpc) is 3.95. The number of aromatic nitrogens is 4. The van der Waals surface area contributed by atoms with Crippen LogP contribution in [0.4, 0.5) is 0 Å². The van der Waals surface area contributed by atoms with Crippen molar-refractivity contribution in [1.82, 2.24) is 19.6 Å². The molecule has 0 atom stereocenters. The molecule has 2 aromatic heterocycles. The van der Waals surface area contributed by atoms with Crippen LogP contribution in [0.1, 0.15) is 153 Å². The van der Waals surface area contributed by atoms with Crippen LogP contribution in [0.25, 0.3) is 22.5 Å². The van der Waals surface area contributed by atoms with Crippen LogP contribution in [0, 0.1) is 29.6 Å². The van der Waals surface area contributed by atoms with Crippen LogP contribution in [-0.2, 0) is 22.7 Å². The number of carbonyl (C=O) groups is 5. The summed E-state index contributed by atoms with van der Waals surface area (Å²) in [6, 6.07) is 34.8. The maximum absolute atomic E-state index is 11.6. The van der Waals surface area contributed by atoms with Gasteiger partial charge in [-0.1, -0.05) is 195 Å². The van der Waals surface area contributed by atoms with Crippen molar-refractivity contribution in [2.24, 2.45) is 35.3 Å². The van der Waals surface area contributed by atoms with Crippen LogP contribution in [0.2, 0.25) is 0 Å². The van der Waals surface area contributed by atoms with Crippen LogP contribution < -0.4 is 5.73 Å². The Morgan fingerprint density at radius 2 is 0.947 bits per heavy atom. The highest BCUT2D eigenvalue weighted by Gasteiger charge is 2.16. The molecule has 408 valence electrons. The van der Waals surface area contributed by atoms with Gasteiger partial charge in [-0.25, -0.2) is 0 Å². The summed E-state index contributed by atoms with van der Waals surface area (Å²) >= 11 is 18.4. The van der Waals surface area contributed by atoms with Gasteiger partial charge in [-0.15, -0.1) is 0 Å². The highest BCUT2D eigenvalue weighted by Crippen LogP contribution is 2.27. The maximum atomic E-state index is 11.6. The van der Waals surface area contributed by atoms with Gasteiger partial charge in [-0.05, 0) is 121 Å². The molecule has 0 aliphatic carbocycles. The number of ketones is 4. The van der Waals surface area contributed by atoms with E-state index in [1.54, 1.807) is 77.9 Å². The van der Waals surface area contributed by atoms with Crippen LogP contribution >= 0.6 is 75.3 Å². The Morgan fingerprint density at radius 1 is 0.533 bits per heavy atom. The molecule has 6 aromatic rings. The van der Waals surface area contributed by atoms with Gasteiger partial charge < -0.3 is 5.73 Å². The van der Waals surface area contributed by atoms with E-state index in [1.165, 1.54) is 11.3 Å². The second-order valence-corrected chi connectivity index (χ2v) is 24.0. The first kappa shape index (κ1) is 68.8. The van der Waals surface area contributed by atoms with Crippen molar-refractivity contribution in [3.8, 4) is 22.5 Å². The topological polar surface area (TPSA) is 147 Å². The third-order valence-corrected chi connectivity index (χ3v) is 13.0. The van der Waals surface area contributed by atoms with Gasteiger partial charge >= 0.3 is 0 Å². The lowest BCUT2D eigenvalue weighted by molar-refractivity contribution is -0.121. The molecule has 0 aliphatic heterocycles. The molecule has 10 nitrogen and oxygen atoms in total. The smallest absolute Gasteiger partial charge is 0.224 e. The summed E-state index contributed by atoms with van der Waals surface area (Å²) in [6.45, 7) is 30.4. The normalized spacial score (nSPS) is 10.6. The number of nitrogens with zero attached hydrogens (tertiary/aromatic N) is 4. The van der Waals surface area contributed by atoms with E-state index in [-0.39, 0.29) is 46.6 Å². The van der Waals surface area contributed by atoms with Gasteiger partial charge in [0.05, 0.1) is 17.8 Å². The zero-order valence-corrected chi connectivity index (χ0v) is 53.3. The summed E-state index contributed by atoms with van der Waals surface area (Å²) < 4.78 is 8.14. The summed E-state index contributed by atoms with van der Waals surface area (Å²) in [7, 11) is 0. The first-order valence-electron chi connectivity index (χ1n) is 25.2. The molecule has 2 heterocycles. The largest absolute Gasteiger partial charge is 0.330 e. The molecular weight excluding hydrogens is 1230 g/mol. The number of halogens is 5. The third-order valence-electron chi connectivity index (χ3n) is 10.5. The Morgan fingerprint density at radius 3 is 1.29 bits per heavy atom. The van der Waals surface area contributed by atoms with Crippen molar-refractivity contribution < 1.29 is 24.0 Å². The van der Waals surface area contributed by atoms with E-state index >= 15 is 0 Å². The van der Waals surface area contributed by atoms with E-state index in [9.17, 15) is 24.0 Å². The highest BCUT2D eigenvalue weighted by atomic mass is 79.9. The number of nitrogens with two attached hydrogens (primary N) is 1. The second kappa shape index (κ2) is 36.0. The van der Waals surface area contributed by atoms with E-state index in [0.717, 1.165) is 72.4 Å². The van der Waals surface area contributed by atoms with Crippen LogP contribution in [0.15, 0.2) is 127 Å². The SMILES string of the molecule is CC(=O)c1cc(-c2ccc(Br)cc2)n(CC(C)C)n1.CC(=O)c1ccc(Br)cc1.CC(C)C(=O)CC(=O)c1ccc(Br)cc1.CC(C)C(=O)Cl.CC(C)CCN.CC(C)Cn1nc(-c2ccc(Br)cc2)cc1C(C)C. The average molecular weight is 1300 g/mol. The molecule has 0 radical (unpaired) electrons. The molecule has 75 heavy (non-hydrogen) atoms. The minimum Gasteiger partial charge on any atom is -0.330 e. The summed E-state index contributed by atoms with van der Waals surface area (Å²) in [4.78, 5) is 55.1. The summed E-state index contributed by atoms with van der Waals surface area (Å²) in [5.74, 6) is 2.24. The Hall–Kier alpha value is -4.18. The molecule has 0 aliphatic rings. The Bertz CT molecular complexity index is 2660. The molecule has 0 unspecified atom stereocenters. The molecule has 4 aromatic carbocycles. The van der Waals surface area contributed by atoms with E-state index in [0.29, 0.717) is 29.0 Å². The van der Waals surface area contributed by atoms with Crippen molar-refractivity contribution >= 4 is 104 Å². The van der Waals surface area contributed by atoms with Crippen LogP contribution in [0.3, 0.4) is 0 Å². The number of hydrogen-bond acceptors (Lipinski definition) is 8. The predicted octanol–water partition coefficient (Wildman–Crippen LogP) is 17.6. The maximum Gasteiger partial charge on any atom is 0.224 e. The van der Waals surface area contributed by atoms with Crippen LogP contribution in [0.5, 0.6) is 0 Å². The number of Topliss-reactive ketones (excluding diaryl/α,β-unsaturated/α-hetero) is 4. The minimum absolute atomic E-state index is 0.000695. The van der Waals surface area contributed by atoms with Crippen molar-refractivity contribution in [2.45, 2.75) is 129 Å². The number of hydrogen-bond donors (Lipinski definition) is 1. The zero-order chi connectivity index (χ0) is 57.1. The van der Waals surface area contributed by atoms with E-state index < -0.39 is 0 Å². The summed E-state index contributed by atoms with van der Waals surface area (Å²) in [5, 5.41) is 8.91. The lowest BCUT2D eigenvalue weighted by Gasteiger charge is -2.11. The fraction of sp³-hybridized carbons (Fsp3) is 0.417. The highest BCUT2D eigenvalue weighted by molar-refractivity contribution is 9.11. The predicted molar refractivity (Wildman–Crippen MR) is 326 cm³/mol. The first-order valence-corrected chi connectivity index (χ1v) is 28.8. The van der Waals surface area contributed by atoms with Gasteiger partial charge in [0.15, 0.2) is 17.3 Å². The van der Waals surface area contributed by atoms with Crippen molar-refractivity contribution in [3.63, 3.8) is 0 Å². The standard InChI is InChI=1S/C16H21BrN2.C15H17BrN2O.C12H13BrO2.C8H7BrO.C5H13N.C4H7ClO/c1-11(2)10-19-16(12(3)4)9-15(18-19)13-5-7-14(17)8-6-13;1-10(2)9-18-15(8-14(17-18)11(3)19)12-4-6-13(16)7-5-12;1-8(2)11(14)7-12(15)9-3-5-10(13)6-4-9;1-6(10)7-2-4-8(9)5-3-7;1-5(2)3-4-6;1-3(2)4(5)6/h5-9,11-12H,10H2,1-4H3;4-8,10H,9H2,1-3H3;3-6,8H,7H2,1-2H3;2-5H,1H3;5H,3-4,6H2,1-2H3;3H,1-2H3. The summed E-state index contributed by atoms with van der Waals surface area (Å²) in [5.41, 5.74) is 12.7. The monoisotopic (exact) mass is 1300 g/mol. The van der Waals surface area contributed by atoms with E-state index in [1.807, 2.05) is 47.1 Å². The molecule has 0 saturated heterocycles. The van der Waals surface area contributed by atoms with Gasteiger partial charge in [0.1, 0.15) is 11.5 Å². The molecule has 15 heteroatoms. The number of carbonyl (C=O) groups excluding carboxylic acids is 5. The van der Waals surface area contributed by atoms with Gasteiger partial charge in [0.2, 0.25) is 5.24 Å². The number of benzene rings is 4. The quantitative estimate of drug-likeness (QED) is 0.0572. The van der Waals surface area contributed by atoms with Gasteiger partial charge in [-0.2, -0.15) is 10.2 Å².